The summed E-state index contributed by atoms with van der Waals surface area (Å²) in [6.07, 6.45) is 3.20. The first-order valence-electron chi connectivity index (χ1n) is 6.78. The van der Waals surface area contributed by atoms with Crippen LogP contribution in [0.25, 0.3) is 0 Å². The van der Waals surface area contributed by atoms with Crippen LogP contribution in [-0.4, -0.2) is 30.8 Å². The van der Waals surface area contributed by atoms with E-state index in [2.05, 4.69) is 17.4 Å². The lowest BCUT2D eigenvalue weighted by atomic mass is 9.76. The zero-order valence-electron chi connectivity index (χ0n) is 11.3. The Morgan fingerprint density at radius 3 is 2.95 bits per heavy atom. The predicted octanol–water partition coefficient (Wildman–Crippen LogP) is 2.40. The van der Waals surface area contributed by atoms with Crippen molar-refractivity contribution < 1.29 is 14.6 Å². The van der Waals surface area contributed by atoms with Gasteiger partial charge in [0.05, 0.1) is 7.11 Å². The van der Waals surface area contributed by atoms with Crippen molar-refractivity contribution in [2.75, 3.05) is 13.7 Å². The molecule has 0 spiro atoms. The Morgan fingerprint density at radius 2 is 2.26 bits per heavy atom. The number of rotatable bonds is 7. The first kappa shape index (κ1) is 13.9. The van der Waals surface area contributed by atoms with E-state index in [-0.39, 0.29) is 6.42 Å². The average molecular weight is 263 g/mol. The fourth-order valence-electron chi connectivity index (χ4n) is 2.50. The summed E-state index contributed by atoms with van der Waals surface area (Å²) >= 11 is 0. The van der Waals surface area contributed by atoms with Crippen LogP contribution in [0.1, 0.15) is 37.2 Å². The number of nitrogens with one attached hydrogen (secondary N) is 1. The van der Waals surface area contributed by atoms with Crippen molar-refractivity contribution in [1.29, 1.82) is 0 Å². The number of carboxylic acid groups (broad SMARTS) is 1. The first-order chi connectivity index (χ1) is 9.19. The quantitative estimate of drug-likeness (QED) is 0.742. The van der Waals surface area contributed by atoms with E-state index in [1.165, 1.54) is 5.56 Å². The van der Waals surface area contributed by atoms with Crippen molar-refractivity contribution in [1.82, 2.24) is 5.32 Å². The minimum absolute atomic E-state index is 0.249. The molecule has 4 heteroatoms. The number of benzene rings is 1. The molecule has 1 aromatic carbocycles. The predicted molar refractivity (Wildman–Crippen MR) is 73.6 cm³/mol. The molecule has 0 bridgehead atoms. The molecular weight excluding hydrogens is 242 g/mol. The van der Waals surface area contributed by atoms with Crippen LogP contribution in [0.2, 0.25) is 0 Å². The summed E-state index contributed by atoms with van der Waals surface area (Å²) in [6, 6.07) is 8.77. The van der Waals surface area contributed by atoms with E-state index < -0.39 is 5.97 Å². The smallest absolute Gasteiger partial charge is 0.303 e. The second-order valence-corrected chi connectivity index (χ2v) is 5.09. The van der Waals surface area contributed by atoms with E-state index in [0.29, 0.717) is 18.4 Å². The molecule has 19 heavy (non-hydrogen) atoms. The van der Waals surface area contributed by atoms with Gasteiger partial charge >= 0.3 is 5.97 Å². The van der Waals surface area contributed by atoms with Gasteiger partial charge in [-0.25, -0.2) is 0 Å². The van der Waals surface area contributed by atoms with Crippen LogP contribution < -0.4 is 10.1 Å². The zero-order chi connectivity index (χ0) is 13.7. The summed E-state index contributed by atoms with van der Waals surface area (Å²) in [7, 11) is 1.69. The third-order valence-electron chi connectivity index (χ3n) is 3.70. The highest BCUT2D eigenvalue weighted by Gasteiger charge is 2.29. The Labute approximate surface area is 113 Å². The molecular formula is C15H21NO3. The standard InChI is InChI=1S/C15H21NO3/c1-19-14-5-2-4-11(10-14)12-8-13(9-12)16-7-3-6-15(17)18/h2,4-5,10,12-13,16H,3,6-9H2,1H3,(H,17,18). The fraction of sp³-hybridized carbons (Fsp3) is 0.533. The molecule has 1 fully saturated rings. The Balaban J connectivity index is 1.69. The molecule has 0 aromatic heterocycles. The molecule has 0 atom stereocenters. The third-order valence-corrected chi connectivity index (χ3v) is 3.70. The van der Waals surface area contributed by atoms with Crippen LogP contribution in [0.15, 0.2) is 24.3 Å². The van der Waals surface area contributed by atoms with E-state index in [0.717, 1.165) is 25.1 Å². The lowest BCUT2D eigenvalue weighted by Crippen LogP contribution is -2.40. The van der Waals surface area contributed by atoms with Crippen molar-refractivity contribution in [2.24, 2.45) is 0 Å². The number of ether oxygens (including phenoxy) is 1. The molecule has 0 heterocycles. The van der Waals surface area contributed by atoms with Gasteiger partial charge in [-0.2, -0.15) is 0 Å². The average Bonchev–Trinajstić information content (AvgIpc) is 2.36. The zero-order valence-corrected chi connectivity index (χ0v) is 11.3. The molecule has 0 radical (unpaired) electrons. The van der Waals surface area contributed by atoms with Crippen molar-refractivity contribution in [2.45, 2.75) is 37.6 Å². The largest absolute Gasteiger partial charge is 0.497 e. The second kappa shape index (κ2) is 6.57. The van der Waals surface area contributed by atoms with Crippen LogP contribution in [0.3, 0.4) is 0 Å². The maximum Gasteiger partial charge on any atom is 0.303 e. The fourth-order valence-corrected chi connectivity index (χ4v) is 2.50. The van der Waals surface area contributed by atoms with E-state index >= 15 is 0 Å². The van der Waals surface area contributed by atoms with Crippen LogP contribution >= 0.6 is 0 Å². The lowest BCUT2D eigenvalue weighted by molar-refractivity contribution is -0.137. The molecule has 104 valence electrons. The maximum absolute atomic E-state index is 10.4. The molecule has 1 aromatic rings. The van der Waals surface area contributed by atoms with Gasteiger partial charge in [-0.15, -0.1) is 0 Å². The number of aliphatic carboxylic acids is 1. The summed E-state index contributed by atoms with van der Waals surface area (Å²) in [6.45, 7) is 0.793. The number of hydrogen-bond acceptors (Lipinski definition) is 3. The van der Waals surface area contributed by atoms with E-state index in [1.807, 2.05) is 12.1 Å². The van der Waals surface area contributed by atoms with E-state index in [4.69, 9.17) is 9.84 Å². The van der Waals surface area contributed by atoms with Crippen molar-refractivity contribution in [3.05, 3.63) is 29.8 Å². The molecule has 1 aliphatic carbocycles. The number of carboxylic acids is 1. The molecule has 2 rings (SSSR count). The number of hydrogen-bond donors (Lipinski definition) is 2. The summed E-state index contributed by atoms with van der Waals surface area (Å²) in [4.78, 5) is 10.4. The summed E-state index contributed by atoms with van der Waals surface area (Å²) < 4.78 is 5.23. The molecule has 2 N–H and O–H groups in total. The lowest BCUT2D eigenvalue weighted by Gasteiger charge is -2.36. The molecule has 1 saturated carbocycles. The minimum Gasteiger partial charge on any atom is -0.497 e. The summed E-state index contributed by atoms with van der Waals surface area (Å²) in [5.41, 5.74) is 1.34. The first-order valence-corrected chi connectivity index (χ1v) is 6.78. The Morgan fingerprint density at radius 1 is 1.47 bits per heavy atom. The number of methoxy groups -OCH3 is 1. The molecule has 0 amide bonds. The van der Waals surface area contributed by atoms with Crippen molar-refractivity contribution in [3.63, 3.8) is 0 Å². The molecule has 1 aliphatic rings. The molecule has 0 saturated heterocycles. The SMILES string of the molecule is COc1cccc(C2CC(NCCCC(=O)O)C2)c1. The van der Waals surface area contributed by atoms with Gasteiger partial charge in [-0.3, -0.25) is 4.79 Å². The van der Waals surface area contributed by atoms with Gasteiger partial charge < -0.3 is 15.2 Å². The van der Waals surface area contributed by atoms with Gasteiger partial charge in [-0.05, 0) is 49.4 Å². The van der Waals surface area contributed by atoms with Crippen molar-refractivity contribution >= 4 is 5.97 Å². The van der Waals surface area contributed by atoms with Crippen LogP contribution in [0.5, 0.6) is 5.75 Å². The molecule has 4 nitrogen and oxygen atoms in total. The number of carbonyl (C=O) groups is 1. The maximum atomic E-state index is 10.4. The summed E-state index contributed by atoms with van der Waals surface area (Å²) in [5, 5.41) is 12.0. The van der Waals surface area contributed by atoms with Gasteiger partial charge in [0, 0.05) is 12.5 Å². The van der Waals surface area contributed by atoms with Crippen LogP contribution in [0.4, 0.5) is 0 Å². The minimum atomic E-state index is -0.718. The van der Waals surface area contributed by atoms with Crippen LogP contribution in [-0.2, 0) is 4.79 Å². The van der Waals surface area contributed by atoms with Gasteiger partial charge in [0.15, 0.2) is 0 Å². The van der Waals surface area contributed by atoms with Crippen LogP contribution in [0, 0.1) is 0 Å². The Bertz CT molecular complexity index is 427. The van der Waals surface area contributed by atoms with Gasteiger partial charge in [0.25, 0.3) is 0 Å². The Kier molecular flexibility index (Phi) is 4.80. The molecule has 0 unspecified atom stereocenters. The van der Waals surface area contributed by atoms with Gasteiger partial charge in [0.1, 0.15) is 5.75 Å². The highest BCUT2D eigenvalue weighted by molar-refractivity contribution is 5.66. The topological polar surface area (TPSA) is 58.6 Å². The van der Waals surface area contributed by atoms with Crippen molar-refractivity contribution in [3.8, 4) is 5.75 Å². The molecule has 0 aliphatic heterocycles. The van der Waals surface area contributed by atoms with E-state index in [1.54, 1.807) is 7.11 Å². The summed E-state index contributed by atoms with van der Waals surface area (Å²) in [5.74, 6) is 0.798. The highest BCUT2D eigenvalue weighted by Crippen LogP contribution is 2.37. The second-order valence-electron chi connectivity index (χ2n) is 5.09. The monoisotopic (exact) mass is 263 g/mol. The highest BCUT2D eigenvalue weighted by atomic mass is 16.5. The van der Waals surface area contributed by atoms with E-state index in [9.17, 15) is 4.79 Å². The Hall–Kier alpha value is -1.55. The third kappa shape index (κ3) is 3.96. The normalized spacial score (nSPS) is 21.7. The van der Waals surface area contributed by atoms with Gasteiger partial charge in [-0.1, -0.05) is 12.1 Å². The van der Waals surface area contributed by atoms with Gasteiger partial charge in [0.2, 0.25) is 0 Å².